The van der Waals surface area contributed by atoms with Gasteiger partial charge in [-0.3, -0.25) is 14.4 Å². The van der Waals surface area contributed by atoms with Crippen molar-refractivity contribution in [2.45, 2.75) is 66.3 Å². The van der Waals surface area contributed by atoms with Crippen molar-refractivity contribution in [2.75, 3.05) is 25.0 Å². The summed E-state index contributed by atoms with van der Waals surface area (Å²) in [6, 6.07) is 8.72. The first-order valence-corrected chi connectivity index (χ1v) is 14.1. The van der Waals surface area contributed by atoms with Crippen molar-refractivity contribution >= 4 is 51.1 Å². The molecule has 0 aliphatic carbocycles. The second kappa shape index (κ2) is 11.0. The number of aliphatic hydroxyl groups excluding tert-OH is 1. The molecule has 186 valence electrons. The second-order valence-electron chi connectivity index (χ2n) is 9.48. The van der Waals surface area contributed by atoms with E-state index in [2.05, 4.69) is 33.5 Å². The number of halogens is 1. The number of carbonyl (C=O) groups is 3. The molecule has 3 aliphatic heterocycles. The zero-order chi connectivity index (χ0) is 24.3. The molecule has 3 N–H and O–H groups in total. The number of rotatable bonds is 11. The number of hydrogen-bond donors (Lipinski definition) is 3. The lowest BCUT2D eigenvalue weighted by atomic mass is 9.70. The molecule has 1 spiro atoms. The number of hydrogen-bond acceptors (Lipinski definition) is 5. The van der Waals surface area contributed by atoms with Gasteiger partial charge in [0, 0.05) is 35.5 Å². The summed E-state index contributed by atoms with van der Waals surface area (Å²) >= 11 is 5.44. The van der Waals surface area contributed by atoms with Gasteiger partial charge in [0.1, 0.15) is 6.04 Å². The molecule has 7 nitrogen and oxygen atoms in total. The predicted molar refractivity (Wildman–Crippen MR) is 138 cm³/mol. The lowest BCUT2D eigenvalue weighted by Gasteiger charge is -2.35. The fraction of sp³-hybridized carbons (Fsp3) is 0.640. The number of anilines is 1. The maximum Gasteiger partial charge on any atom is 0.244 e. The molecular formula is C25H34BrN3O4S. The molecule has 2 bridgehead atoms. The molecule has 3 amide bonds. The van der Waals surface area contributed by atoms with Crippen molar-refractivity contribution in [1.82, 2.24) is 10.2 Å². The van der Waals surface area contributed by atoms with Gasteiger partial charge >= 0.3 is 0 Å². The lowest BCUT2D eigenvalue weighted by Crippen LogP contribution is -2.54. The molecule has 3 heterocycles. The standard InChI is InChI=1S/C25H34BrN3O4S/c1-2-3-12-27-23(32)21-25-15-17(26)20(34-25)18(22(31)28-16-10-6-4-7-11-16)19(25)24(33)29(21)13-8-5-9-14-30/h4,6-7,10-11,17-21,30H,2-3,5,8-9,12-15H2,1H3,(H,27,32)(H,28,31)/t17?,18-,19+,20-,21?,25?/m1/s1. The van der Waals surface area contributed by atoms with Crippen LogP contribution in [0.5, 0.6) is 0 Å². The molecule has 3 saturated heterocycles. The number of thioether (sulfide) groups is 1. The fourth-order valence-corrected chi connectivity index (χ4v) is 9.39. The van der Waals surface area contributed by atoms with Crippen molar-refractivity contribution < 1.29 is 19.5 Å². The Morgan fingerprint density at radius 3 is 2.65 bits per heavy atom. The SMILES string of the molecule is CCCCNC(=O)C1N(CCCCCO)C(=O)[C@@H]2[C@@H](C(=O)Nc3ccccc3)[C@@H]3SC12CC3Br. The normalized spacial score (nSPS) is 31.6. The van der Waals surface area contributed by atoms with Crippen molar-refractivity contribution in [3.8, 4) is 0 Å². The van der Waals surface area contributed by atoms with Crippen molar-refractivity contribution in [2.24, 2.45) is 11.8 Å². The lowest BCUT2D eigenvalue weighted by molar-refractivity contribution is -0.139. The van der Waals surface area contributed by atoms with Gasteiger partial charge in [0.2, 0.25) is 17.7 Å². The predicted octanol–water partition coefficient (Wildman–Crippen LogP) is 3.17. The van der Waals surface area contributed by atoms with E-state index in [1.165, 1.54) is 0 Å². The van der Waals surface area contributed by atoms with Crippen LogP contribution in [0.2, 0.25) is 0 Å². The van der Waals surface area contributed by atoms with E-state index in [0.717, 1.165) is 25.7 Å². The molecule has 6 atom stereocenters. The summed E-state index contributed by atoms with van der Waals surface area (Å²) in [5, 5.41) is 15.2. The number of aliphatic hydroxyl groups is 1. The van der Waals surface area contributed by atoms with E-state index in [1.807, 2.05) is 30.3 Å². The summed E-state index contributed by atoms with van der Waals surface area (Å²) in [5.74, 6) is -1.35. The number of fused-ring (bicyclic) bond motifs is 1. The van der Waals surface area contributed by atoms with Gasteiger partial charge in [-0.15, -0.1) is 11.8 Å². The first-order valence-electron chi connectivity index (χ1n) is 12.3. The molecule has 9 heteroatoms. The quantitative estimate of drug-likeness (QED) is 0.290. The number of carbonyl (C=O) groups excluding carboxylic acids is 3. The van der Waals surface area contributed by atoms with Crippen LogP contribution in [0.4, 0.5) is 5.69 Å². The van der Waals surface area contributed by atoms with Crippen LogP contribution in [-0.2, 0) is 14.4 Å². The topological polar surface area (TPSA) is 98.7 Å². The number of likely N-dealkylation sites (tertiary alicyclic amines) is 1. The highest BCUT2D eigenvalue weighted by molar-refractivity contribution is 9.09. The van der Waals surface area contributed by atoms with E-state index in [1.54, 1.807) is 16.7 Å². The van der Waals surface area contributed by atoms with Gasteiger partial charge in [0.05, 0.1) is 16.6 Å². The van der Waals surface area contributed by atoms with E-state index in [4.69, 9.17) is 5.11 Å². The molecule has 1 aromatic carbocycles. The van der Waals surface area contributed by atoms with E-state index >= 15 is 0 Å². The van der Waals surface area contributed by atoms with Gasteiger partial charge in [-0.25, -0.2) is 0 Å². The summed E-state index contributed by atoms with van der Waals surface area (Å²) in [5.41, 5.74) is 0.709. The van der Waals surface area contributed by atoms with E-state index in [-0.39, 0.29) is 34.4 Å². The summed E-state index contributed by atoms with van der Waals surface area (Å²) in [4.78, 5) is 42.6. The van der Waals surface area contributed by atoms with E-state index < -0.39 is 22.6 Å². The summed E-state index contributed by atoms with van der Waals surface area (Å²) in [7, 11) is 0. The Morgan fingerprint density at radius 2 is 1.94 bits per heavy atom. The largest absolute Gasteiger partial charge is 0.396 e. The molecular weight excluding hydrogens is 518 g/mol. The Hall–Kier alpha value is -1.58. The third-order valence-corrected chi connectivity index (χ3v) is 10.5. The highest BCUT2D eigenvalue weighted by Gasteiger charge is 2.75. The van der Waals surface area contributed by atoms with Crippen LogP contribution in [0.3, 0.4) is 0 Å². The Morgan fingerprint density at radius 1 is 1.18 bits per heavy atom. The Kier molecular flexibility index (Phi) is 8.25. The summed E-state index contributed by atoms with van der Waals surface area (Å²) in [6.07, 6.45) is 4.74. The van der Waals surface area contributed by atoms with Gasteiger partial charge in [-0.2, -0.15) is 0 Å². The fourth-order valence-electron chi connectivity index (χ4n) is 5.77. The first-order chi connectivity index (χ1) is 16.4. The third-order valence-electron chi connectivity index (χ3n) is 7.27. The Labute approximate surface area is 213 Å². The van der Waals surface area contributed by atoms with Crippen LogP contribution in [-0.4, -0.2) is 68.3 Å². The summed E-state index contributed by atoms with van der Waals surface area (Å²) < 4.78 is -0.609. The van der Waals surface area contributed by atoms with Gasteiger partial charge in [-0.05, 0) is 44.2 Å². The molecule has 4 rings (SSSR count). The van der Waals surface area contributed by atoms with Crippen molar-refractivity contribution in [3.63, 3.8) is 0 Å². The number of nitrogens with zero attached hydrogens (tertiary/aromatic N) is 1. The molecule has 0 saturated carbocycles. The summed E-state index contributed by atoms with van der Waals surface area (Å²) in [6.45, 7) is 3.25. The number of para-hydroxylation sites is 1. The van der Waals surface area contributed by atoms with Crippen LogP contribution in [0.1, 0.15) is 45.4 Å². The average molecular weight is 553 g/mol. The molecule has 0 radical (unpaired) electrons. The van der Waals surface area contributed by atoms with Crippen LogP contribution in [0, 0.1) is 11.8 Å². The Balaban J connectivity index is 1.62. The minimum atomic E-state index is -0.609. The van der Waals surface area contributed by atoms with Gasteiger partial charge in [0.25, 0.3) is 0 Å². The van der Waals surface area contributed by atoms with Crippen molar-refractivity contribution in [1.29, 1.82) is 0 Å². The number of nitrogens with one attached hydrogen (secondary N) is 2. The maximum absolute atomic E-state index is 13.8. The zero-order valence-corrected chi connectivity index (χ0v) is 21.9. The first kappa shape index (κ1) is 25.5. The molecule has 3 unspecified atom stereocenters. The number of unbranched alkanes of at least 4 members (excludes halogenated alkanes) is 3. The third kappa shape index (κ3) is 4.63. The van der Waals surface area contributed by atoms with Crippen LogP contribution >= 0.6 is 27.7 Å². The van der Waals surface area contributed by atoms with E-state index in [9.17, 15) is 14.4 Å². The van der Waals surface area contributed by atoms with Gasteiger partial charge in [0.15, 0.2) is 0 Å². The number of benzene rings is 1. The molecule has 3 fully saturated rings. The van der Waals surface area contributed by atoms with Crippen molar-refractivity contribution in [3.05, 3.63) is 30.3 Å². The van der Waals surface area contributed by atoms with Crippen LogP contribution < -0.4 is 10.6 Å². The van der Waals surface area contributed by atoms with Gasteiger partial charge < -0.3 is 20.6 Å². The monoisotopic (exact) mass is 551 g/mol. The zero-order valence-electron chi connectivity index (χ0n) is 19.5. The van der Waals surface area contributed by atoms with Crippen LogP contribution in [0.25, 0.3) is 0 Å². The highest BCUT2D eigenvalue weighted by Crippen LogP contribution is 2.67. The molecule has 34 heavy (non-hydrogen) atoms. The molecule has 3 aliphatic rings. The van der Waals surface area contributed by atoms with Crippen LogP contribution in [0.15, 0.2) is 30.3 Å². The maximum atomic E-state index is 13.8. The molecule has 0 aromatic heterocycles. The van der Waals surface area contributed by atoms with Gasteiger partial charge in [-0.1, -0.05) is 47.5 Å². The smallest absolute Gasteiger partial charge is 0.244 e. The minimum absolute atomic E-state index is 0.0554. The highest BCUT2D eigenvalue weighted by atomic mass is 79.9. The minimum Gasteiger partial charge on any atom is -0.396 e. The van der Waals surface area contributed by atoms with E-state index in [0.29, 0.717) is 31.6 Å². The second-order valence-corrected chi connectivity index (χ2v) is 12.2. The number of alkyl halides is 1. The Bertz CT molecular complexity index is 903. The molecule has 1 aromatic rings. The number of amides is 3. The average Bonchev–Trinajstić information content (AvgIpc) is 3.41.